The molecule has 2 fully saturated rings. The average Bonchev–Trinajstić information content (AvgIpc) is 3.21. The second kappa shape index (κ2) is 3.30. The molecule has 1 aromatic carbocycles. The standard InChI is InChI=1S/C14H16N2S/c15-14(5-6-14)8-9-1-4-11-12(7-9)17-13(16-11)10-2-3-10/h1,4,7,10H,2-3,5-6,8,15H2. The van der Waals surface area contributed by atoms with Gasteiger partial charge in [-0.05, 0) is 49.8 Å². The highest BCUT2D eigenvalue weighted by Crippen LogP contribution is 2.43. The van der Waals surface area contributed by atoms with Crippen molar-refractivity contribution in [1.82, 2.24) is 4.98 Å². The predicted octanol–water partition coefficient (Wildman–Crippen LogP) is 3.21. The molecule has 2 aliphatic rings. The van der Waals surface area contributed by atoms with E-state index >= 15 is 0 Å². The van der Waals surface area contributed by atoms with Gasteiger partial charge in [-0.15, -0.1) is 11.3 Å². The molecule has 4 rings (SSSR count). The highest BCUT2D eigenvalue weighted by molar-refractivity contribution is 7.18. The van der Waals surface area contributed by atoms with Gasteiger partial charge in [0.2, 0.25) is 0 Å². The zero-order chi connectivity index (χ0) is 11.5. The van der Waals surface area contributed by atoms with Gasteiger partial charge in [0.05, 0.1) is 15.2 Å². The lowest BCUT2D eigenvalue weighted by molar-refractivity contribution is 0.673. The highest BCUT2D eigenvalue weighted by atomic mass is 32.1. The summed E-state index contributed by atoms with van der Waals surface area (Å²) in [7, 11) is 0. The first-order valence-electron chi connectivity index (χ1n) is 6.40. The second-order valence-corrected chi connectivity index (χ2v) is 6.73. The maximum absolute atomic E-state index is 6.17. The number of benzene rings is 1. The van der Waals surface area contributed by atoms with E-state index in [1.165, 1.54) is 46.5 Å². The van der Waals surface area contributed by atoms with Crippen LogP contribution < -0.4 is 5.73 Å². The van der Waals surface area contributed by atoms with Crippen molar-refractivity contribution >= 4 is 21.6 Å². The Kier molecular flexibility index (Phi) is 1.95. The molecule has 0 radical (unpaired) electrons. The zero-order valence-electron chi connectivity index (χ0n) is 9.78. The van der Waals surface area contributed by atoms with Gasteiger partial charge in [0.25, 0.3) is 0 Å². The van der Waals surface area contributed by atoms with E-state index in [9.17, 15) is 0 Å². The lowest BCUT2D eigenvalue weighted by Crippen LogP contribution is -2.24. The highest BCUT2D eigenvalue weighted by Gasteiger charge is 2.38. The van der Waals surface area contributed by atoms with E-state index in [1.807, 2.05) is 11.3 Å². The minimum absolute atomic E-state index is 0.109. The lowest BCUT2D eigenvalue weighted by Gasteiger charge is -2.07. The Bertz CT molecular complexity index is 579. The minimum atomic E-state index is 0.109. The molecule has 0 unspecified atom stereocenters. The molecule has 0 bridgehead atoms. The van der Waals surface area contributed by atoms with Gasteiger partial charge in [0.1, 0.15) is 0 Å². The van der Waals surface area contributed by atoms with Gasteiger partial charge in [-0.1, -0.05) is 6.07 Å². The summed E-state index contributed by atoms with van der Waals surface area (Å²) in [5, 5.41) is 1.34. The fourth-order valence-electron chi connectivity index (χ4n) is 2.35. The SMILES string of the molecule is NC1(Cc2ccc3nc(C4CC4)sc3c2)CC1. The van der Waals surface area contributed by atoms with Crippen LogP contribution in [0.3, 0.4) is 0 Å². The largest absolute Gasteiger partial charge is 0.325 e. The van der Waals surface area contributed by atoms with E-state index in [2.05, 4.69) is 18.2 Å². The predicted molar refractivity (Wildman–Crippen MR) is 71.5 cm³/mol. The molecule has 17 heavy (non-hydrogen) atoms. The number of hydrogen-bond acceptors (Lipinski definition) is 3. The molecule has 0 atom stereocenters. The van der Waals surface area contributed by atoms with Crippen molar-refractivity contribution in [2.45, 2.75) is 43.6 Å². The van der Waals surface area contributed by atoms with Crippen molar-refractivity contribution in [3.8, 4) is 0 Å². The van der Waals surface area contributed by atoms with Gasteiger partial charge >= 0.3 is 0 Å². The Morgan fingerprint density at radius 2 is 2.18 bits per heavy atom. The fourth-order valence-corrected chi connectivity index (χ4v) is 3.55. The van der Waals surface area contributed by atoms with Crippen molar-refractivity contribution in [3.63, 3.8) is 0 Å². The van der Waals surface area contributed by atoms with Crippen LogP contribution in [0.15, 0.2) is 18.2 Å². The molecule has 2 saturated carbocycles. The molecule has 0 spiro atoms. The van der Waals surface area contributed by atoms with Crippen LogP contribution in [0.25, 0.3) is 10.2 Å². The summed E-state index contributed by atoms with van der Waals surface area (Å²) >= 11 is 1.88. The van der Waals surface area contributed by atoms with Gasteiger partial charge in [0.15, 0.2) is 0 Å². The summed E-state index contributed by atoms with van der Waals surface area (Å²) in [4.78, 5) is 4.72. The van der Waals surface area contributed by atoms with Gasteiger partial charge < -0.3 is 5.73 Å². The van der Waals surface area contributed by atoms with Crippen LogP contribution in [0.5, 0.6) is 0 Å². The topological polar surface area (TPSA) is 38.9 Å². The minimum Gasteiger partial charge on any atom is -0.325 e. The van der Waals surface area contributed by atoms with Crippen molar-refractivity contribution < 1.29 is 0 Å². The molecule has 2 nitrogen and oxygen atoms in total. The summed E-state index contributed by atoms with van der Waals surface area (Å²) in [6.45, 7) is 0. The van der Waals surface area contributed by atoms with E-state index < -0.39 is 0 Å². The number of rotatable bonds is 3. The molecular formula is C14H16N2S. The van der Waals surface area contributed by atoms with Gasteiger partial charge in [-0.3, -0.25) is 0 Å². The normalized spacial score (nSPS) is 21.9. The van der Waals surface area contributed by atoms with Crippen LogP contribution in [0.1, 0.15) is 42.2 Å². The van der Waals surface area contributed by atoms with Crippen LogP contribution in [-0.2, 0) is 6.42 Å². The van der Waals surface area contributed by atoms with E-state index in [0.717, 1.165) is 12.3 Å². The fraction of sp³-hybridized carbons (Fsp3) is 0.500. The molecule has 0 amide bonds. The van der Waals surface area contributed by atoms with Crippen LogP contribution in [0.2, 0.25) is 0 Å². The maximum Gasteiger partial charge on any atom is 0.0969 e. The van der Waals surface area contributed by atoms with E-state index in [-0.39, 0.29) is 5.54 Å². The Morgan fingerprint density at radius 1 is 1.35 bits per heavy atom. The number of thiazole rings is 1. The third-order valence-electron chi connectivity index (χ3n) is 3.84. The third-order valence-corrected chi connectivity index (χ3v) is 5.03. The van der Waals surface area contributed by atoms with E-state index in [0.29, 0.717) is 0 Å². The first-order valence-corrected chi connectivity index (χ1v) is 7.22. The summed E-state index contributed by atoms with van der Waals surface area (Å²) < 4.78 is 1.34. The van der Waals surface area contributed by atoms with Crippen molar-refractivity contribution in [2.24, 2.45) is 5.73 Å². The smallest absolute Gasteiger partial charge is 0.0969 e. The molecule has 1 aromatic heterocycles. The van der Waals surface area contributed by atoms with Gasteiger partial charge in [-0.25, -0.2) is 4.98 Å². The lowest BCUT2D eigenvalue weighted by atomic mass is 10.1. The summed E-state index contributed by atoms with van der Waals surface area (Å²) in [5.74, 6) is 0.764. The first kappa shape index (κ1) is 10.0. The van der Waals surface area contributed by atoms with Crippen LogP contribution in [0, 0.1) is 0 Å². The number of hydrogen-bond donors (Lipinski definition) is 1. The molecule has 3 heteroatoms. The maximum atomic E-state index is 6.17. The summed E-state index contributed by atoms with van der Waals surface area (Å²) in [6.07, 6.45) is 6.05. The second-order valence-electron chi connectivity index (χ2n) is 5.67. The van der Waals surface area contributed by atoms with Crippen molar-refractivity contribution in [1.29, 1.82) is 0 Å². The molecule has 2 aliphatic carbocycles. The number of aromatic nitrogens is 1. The molecule has 0 aliphatic heterocycles. The van der Waals surface area contributed by atoms with Crippen molar-refractivity contribution in [3.05, 3.63) is 28.8 Å². The van der Waals surface area contributed by atoms with E-state index in [4.69, 9.17) is 10.7 Å². The molecule has 88 valence electrons. The number of fused-ring (bicyclic) bond motifs is 1. The average molecular weight is 244 g/mol. The Labute approximate surface area is 105 Å². The van der Waals surface area contributed by atoms with Gasteiger partial charge in [-0.2, -0.15) is 0 Å². The Balaban J connectivity index is 1.70. The molecular weight excluding hydrogens is 228 g/mol. The monoisotopic (exact) mass is 244 g/mol. The molecule has 1 heterocycles. The van der Waals surface area contributed by atoms with Gasteiger partial charge in [0, 0.05) is 11.5 Å². The van der Waals surface area contributed by atoms with E-state index in [1.54, 1.807) is 0 Å². The number of nitrogens with zero attached hydrogens (tertiary/aromatic N) is 1. The van der Waals surface area contributed by atoms with Crippen LogP contribution >= 0.6 is 11.3 Å². The molecule has 2 N–H and O–H groups in total. The van der Waals surface area contributed by atoms with Crippen LogP contribution in [-0.4, -0.2) is 10.5 Å². The molecule has 2 aromatic rings. The molecule has 0 saturated heterocycles. The first-order chi connectivity index (χ1) is 8.22. The number of nitrogens with two attached hydrogens (primary N) is 1. The third kappa shape index (κ3) is 1.87. The van der Waals surface area contributed by atoms with Crippen LogP contribution in [0.4, 0.5) is 0 Å². The van der Waals surface area contributed by atoms with Crippen molar-refractivity contribution in [2.75, 3.05) is 0 Å². The quantitative estimate of drug-likeness (QED) is 0.900. The summed E-state index contributed by atoms with van der Waals surface area (Å²) in [6, 6.07) is 6.66. The summed E-state index contributed by atoms with van der Waals surface area (Å²) in [5.41, 5.74) is 8.83. The Hall–Kier alpha value is -0.930. The zero-order valence-corrected chi connectivity index (χ0v) is 10.6. The Morgan fingerprint density at radius 3 is 2.88 bits per heavy atom.